The maximum atomic E-state index is 13.3. The molecular weight excluding hydrogens is 353 g/mol. The Hall–Kier alpha value is -2.32. The third-order valence-electron chi connectivity index (χ3n) is 3.12. The minimum atomic E-state index is -4.83. The van der Waals surface area contributed by atoms with Crippen LogP contribution in [0.4, 0.5) is 13.2 Å². The normalized spacial score (nSPS) is 13.1. The van der Waals surface area contributed by atoms with Crippen LogP contribution in [-0.4, -0.2) is 33.9 Å². The minimum Gasteiger partial charge on any atom is -0.462 e. The molecule has 0 aliphatic heterocycles. The molecule has 0 radical (unpaired) electrons. The number of rotatable bonds is 5. The van der Waals surface area contributed by atoms with Gasteiger partial charge in [-0.3, -0.25) is 4.79 Å². The first-order valence-corrected chi connectivity index (χ1v) is 7.93. The molecule has 0 amide bonds. The van der Waals surface area contributed by atoms with Crippen LogP contribution in [0.15, 0.2) is 12.3 Å². The van der Waals surface area contributed by atoms with Crippen LogP contribution < -0.4 is 0 Å². The van der Waals surface area contributed by atoms with Crippen molar-refractivity contribution < 1.29 is 32.2 Å². The molecule has 0 atom stereocenters. The Morgan fingerprint density at radius 3 is 2.23 bits per heavy atom. The Morgan fingerprint density at radius 1 is 1.19 bits per heavy atom. The van der Waals surface area contributed by atoms with Gasteiger partial charge in [0.1, 0.15) is 11.2 Å². The van der Waals surface area contributed by atoms with E-state index in [-0.39, 0.29) is 6.61 Å². The van der Waals surface area contributed by atoms with Gasteiger partial charge in [0.05, 0.1) is 18.2 Å². The number of nitrogens with zero attached hydrogens (tertiary/aromatic N) is 2. The smallest absolute Gasteiger partial charge is 0.434 e. The number of aromatic nitrogens is 2. The Balaban J connectivity index is 3.22. The molecule has 1 aromatic heterocycles. The lowest BCUT2D eigenvalue weighted by molar-refractivity contribution is -0.162. The van der Waals surface area contributed by atoms with Gasteiger partial charge in [-0.15, -0.1) is 0 Å². The first kappa shape index (κ1) is 21.7. The lowest BCUT2D eigenvalue weighted by Crippen LogP contribution is -2.32. The highest BCUT2D eigenvalue weighted by Crippen LogP contribution is 2.33. The molecule has 1 heterocycles. The number of ether oxygens (including phenoxy) is 2. The third kappa shape index (κ3) is 5.60. The van der Waals surface area contributed by atoms with E-state index in [0.29, 0.717) is 4.68 Å². The summed E-state index contributed by atoms with van der Waals surface area (Å²) in [6.07, 6.45) is -1.83. The number of halogens is 3. The van der Waals surface area contributed by atoms with Crippen molar-refractivity contribution in [2.45, 2.75) is 53.3 Å². The lowest BCUT2D eigenvalue weighted by atomic mass is 9.93. The van der Waals surface area contributed by atoms with Crippen molar-refractivity contribution in [3.8, 4) is 0 Å². The number of esters is 2. The van der Waals surface area contributed by atoms with E-state index in [4.69, 9.17) is 4.74 Å². The van der Waals surface area contributed by atoms with E-state index in [9.17, 15) is 22.8 Å². The average Bonchev–Trinajstić information content (AvgIpc) is 2.87. The molecule has 1 aromatic rings. The molecule has 0 fully saturated rings. The van der Waals surface area contributed by atoms with Crippen LogP contribution in [0.3, 0.4) is 0 Å². The van der Waals surface area contributed by atoms with Gasteiger partial charge in [-0.2, -0.15) is 18.3 Å². The zero-order chi connectivity index (χ0) is 20.3. The molecule has 0 saturated heterocycles. The number of hydrogen-bond donors (Lipinski definition) is 0. The summed E-state index contributed by atoms with van der Waals surface area (Å²) in [5.74, 6) is -1.72. The predicted octanol–water partition coefficient (Wildman–Crippen LogP) is 3.92. The Morgan fingerprint density at radius 2 is 1.77 bits per heavy atom. The summed E-state index contributed by atoms with van der Waals surface area (Å²) in [6, 6.07) is 0. The Labute approximate surface area is 150 Å². The van der Waals surface area contributed by atoms with Crippen molar-refractivity contribution in [1.82, 2.24) is 9.78 Å². The first-order valence-electron chi connectivity index (χ1n) is 7.93. The second-order valence-corrected chi connectivity index (χ2v) is 7.11. The van der Waals surface area contributed by atoms with Crippen LogP contribution in [-0.2, 0) is 20.4 Å². The molecule has 6 nitrogen and oxygen atoms in total. The summed E-state index contributed by atoms with van der Waals surface area (Å²) in [5.41, 5.74) is -3.90. The fraction of sp³-hybridized carbons (Fsp3) is 0.588. The SMILES string of the molecule is CCOC(=O)c1cnn(C=CC(C)(C)C(=O)OC(C)(C)C)c1C(F)(F)F. The van der Waals surface area contributed by atoms with E-state index in [1.807, 2.05) is 0 Å². The molecule has 26 heavy (non-hydrogen) atoms. The van der Waals surface area contributed by atoms with Gasteiger partial charge in [-0.05, 0) is 47.6 Å². The van der Waals surface area contributed by atoms with Crippen LogP contribution in [0.2, 0.25) is 0 Å². The van der Waals surface area contributed by atoms with E-state index in [2.05, 4.69) is 9.84 Å². The van der Waals surface area contributed by atoms with Gasteiger partial charge >= 0.3 is 18.1 Å². The van der Waals surface area contributed by atoms with E-state index in [1.54, 1.807) is 20.8 Å². The van der Waals surface area contributed by atoms with Crippen molar-refractivity contribution in [3.05, 3.63) is 23.5 Å². The number of alkyl halides is 3. The zero-order valence-electron chi connectivity index (χ0n) is 15.6. The average molecular weight is 376 g/mol. The highest BCUT2D eigenvalue weighted by molar-refractivity contribution is 5.90. The largest absolute Gasteiger partial charge is 0.462 e. The molecule has 0 N–H and O–H groups in total. The molecule has 0 aliphatic carbocycles. The summed E-state index contributed by atoms with van der Waals surface area (Å²) in [4.78, 5) is 23.9. The highest BCUT2D eigenvalue weighted by atomic mass is 19.4. The lowest BCUT2D eigenvalue weighted by Gasteiger charge is -2.26. The zero-order valence-corrected chi connectivity index (χ0v) is 15.6. The van der Waals surface area contributed by atoms with E-state index in [1.165, 1.54) is 26.8 Å². The van der Waals surface area contributed by atoms with Gasteiger partial charge < -0.3 is 9.47 Å². The summed E-state index contributed by atoms with van der Waals surface area (Å²) in [6.45, 7) is 9.48. The summed E-state index contributed by atoms with van der Waals surface area (Å²) >= 11 is 0. The maximum absolute atomic E-state index is 13.3. The van der Waals surface area contributed by atoms with Crippen molar-refractivity contribution in [3.63, 3.8) is 0 Å². The summed E-state index contributed by atoms with van der Waals surface area (Å²) < 4.78 is 50.4. The standard InChI is InChI=1S/C17H23F3N2O4/c1-7-25-13(23)11-10-21-22(12(11)17(18,19)20)9-8-16(5,6)14(24)26-15(2,3)4/h8-10H,7H2,1-6H3. The maximum Gasteiger partial charge on any atom is 0.434 e. The number of carbonyl (C=O) groups excluding carboxylic acids is 2. The van der Waals surface area contributed by atoms with Crippen LogP contribution >= 0.6 is 0 Å². The van der Waals surface area contributed by atoms with Gasteiger partial charge in [0.25, 0.3) is 0 Å². The molecule has 0 aliphatic rings. The molecule has 146 valence electrons. The topological polar surface area (TPSA) is 70.4 Å². The second kappa shape index (κ2) is 7.51. The first-order chi connectivity index (χ1) is 11.7. The summed E-state index contributed by atoms with van der Waals surface area (Å²) in [7, 11) is 0. The van der Waals surface area contributed by atoms with Gasteiger partial charge in [0, 0.05) is 6.20 Å². The molecule has 0 spiro atoms. The molecular formula is C17H23F3N2O4. The Bertz CT molecular complexity index is 698. The monoisotopic (exact) mass is 376 g/mol. The van der Waals surface area contributed by atoms with E-state index in [0.717, 1.165) is 12.4 Å². The van der Waals surface area contributed by atoms with Gasteiger partial charge in [-0.1, -0.05) is 0 Å². The van der Waals surface area contributed by atoms with E-state index < -0.39 is 40.4 Å². The van der Waals surface area contributed by atoms with Gasteiger partial charge in [0.15, 0.2) is 5.69 Å². The molecule has 0 bridgehead atoms. The molecule has 0 unspecified atom stereocenters. The van der Waals surface area contributed by atoms with E-state index >= 15 is 0 Å². The van der Waals surface area contributed by atoms with Crippen molar-refractivity contribution >= 4 is 18.1 Å². The quantitative estimate of drug-likeness (QED) is 0.729. The molecule has 9 heteroatoms. The molecule has 1 rings (SSSR count). The molecule has 0 aromatic carbocycles. The predicted molar refractivity (Wildman–Crippen MR) is 88.1 cm³/mol. The highest BCUT2D eigenvalue weighted by Gasteiger charge is 2.40. The van der Waals surface area contributed by atoms with Crippen LogP contribution in [0.5, 0.6) is 0 Å². The summed E-state index contributed by atoms with van der Waals surface area (Å²) in [5, 5.41) is 3.58. The van der Waals surface area contributed by atoms with Crippen LogP contribution in [0, 0.1) is 5.41 Å². The minimum absolute atomic E-state index is 0.0666. The van der Waals surface area contributed by atoms with Gasteiger partial charge in [0.2, 0.25) is 0 Å². The van der Waals surface area contributed by atoms with Crippen molar-refractivity contribution in [2.24, 2.45) is 5.41 Å². The third-order valence-corrected chi connectivity index (χ3v) is 3.12. The van der Waals surface area contributed by atoms with Crippen LogP contribution in [0.1, 0.15) is 57.6 Å². The Kier molecular flexibility index (Phi) is 6.27. The fourth-order valence-corrected chi connectivity index (χ4v) is 1.85. The molecule has 0 saturated carbocycles. The van der Waals surface area contributed by atoms with Gasteiger partial charge in [-0.25, -0.2) is 9.48 Å². The van der Waals surface area contributed by atoms with Crippen molar-refractivity contribution in [1.29, 1.82) is 0 Å². The fourth-order valence-electron chi connectivity index (χ4n) is 1.85. The second-order valence-electron chi connectivity index (χ2n) is 7.11. The number of hydrogen-bond acceptors (Lipinski definition) is 5. The number of carbonyl (C=O) groups is 2. The van der Waals surface area contributed by atoms with Crippen LogP contribution in [0.25, 0.3) is 6.20 Å². The van der Waals surface area contributed by atoms with Crippen molar-refractivity contribution in [2.75, 3.05) is 6.61 Å².